The van der Waals surface area contributed by atoms with Crippen LogP contribution in [-0.4, -0.2) is 107 Å². The highest BCUT2D eigenvalue weighted by atomic mass is 19.1. The fourth-order valence-electron chi connectivity index (χ4n) is 8.73. The minimum Gasteiger partial charge on any atom is -0.507 e. The first-order chi connectivity index (χ1) is 28.6. The molecule has 4 aliphatic heterocycles. The number of amides is 1. The minimum atomic E-state index is -1.34. The van der Waals surface area contributed by atoms with Gasteiger partial charge in [0.15, 0.2) is 5.82 Å². The Kier molecular flexibility index (Phi) is 9.62. The molecule has 1 amide bonds. The second-order valence-corrected chi connectivity index (χ2v) is 15.6. The van der Waals surface area contributed by atoms with E-state index in [1.54, 1.807) is 35.4 Å². The average molecular weight is 774 g/mol. The molecule has 13 heteroatoms. The van der Waals surface area contributed by atoms with Gasteiger partial charge in [-0.3, -0.25) is 10.1 Å². The number of anilines is 3. The van der Waals surface area contributed by atoms with Crippen molar-refractivity contribution in [3.8, 4) is 17.0 Å². The topological polar surface area (TPSA) is 128 Å². The van der Waals surface area contributed by atoms with Gasteiger partial charge in [-0.25, -0.2) is 4.39 Å². The number of morpholine rings is 1. The number of para-hydroxylation sites is 1. The first-order valence-corrected chi connectivity index (χ1v) is 19.9. The Hall–Kier alpha value is -5.50. The molecule has 3 unspecified atom stereocenters. The molecule has 3 atom stereocenters. The van der Waals surface area contributed by atoms with Crippen LogP contribution in [-0.2, 0) is 4.74 Å². The maximum Gasteiger partial charge on any atom is 0.253 e. The van der Waals surface area contributed by atoms with E-state index in [-0.39, 0.29) is 17.8 Å². The summed E-state index contributed by atoms with van der Waals surface area (Å²) in [5, 5.41) is 22.8. The molecule has 0 bridgehead atoms. The summed E-state index contributed by atoms with van der Waals surface area (Å²) in [6.45, 7) is 3.09. The highest BCUT2D eigenvalue weighted by molar-refractivity contribution is 5.94. The van der Waals surface area contributed by atoms with E-state index in [4.69, 9.17) is 13.2 Å². The van der Waals surface area contributed by atoms with E-state index in [1.165, 1.54) is 0 Å². The molecule has 2 aromatic heterocycles. The predicted octanol–water partition coefficient (Wildman–Crippen LogP) is 6.13. The minimum absolute atomic E-state index is 0.0888. The van der Waals surface area contributed by atoms with Crippen LogP contribution >= 0.6 is 0 Å². The van der Waals surface area contributed by atoms with Gasteiger partial charge in [-0.05, 0) is 73.0 Å². The van der Waals surface area contributed by atoms with E-state index in [0.717, 1.165) is 53.8 Å². The molecule has 0 radical (unpaired) electrons. The number of nitrogens with zero attached hydrogens (tertiary/aromatic N) is 7. The molecule has 12 nitrogen and oxygen atoms in total. The number of nitrogens with two attached hydrogens (primary N) is 1. The Balaban J connectivity index is 0.762. The largest absolute Gasteiger partial charge is 0.507 e. The van der Waals surface area contributed by atoms with Gasteiger partial charge in [-0.1, -0.05) is 30.3 Å². The number of benzene rings is 3. The van der Waals surface area contributed by atoms with E-state index < -0.39 is 18.8 Å². The number of carbonyl (C=O) groups is 1. The Morgan fingerprint density at radius 2 is 1.81 bits per heavy atom. The lowest BCUT2D eigenvalue weighted by molar-refractivity contribution is 0.0158. The number of hydrogen-bond donors (Lipinski definition) is 3. The van der Waals surface area contributed by atoms with Gasteiger partial charge in [-0.15, -0.1) is 10.2 Å². The van der Waals surface area contributed by atoms with Gasteiger partial charge in [0.25, 0.3) is 5.91 Å². The molecule has 57 heavy (non-hydrogen) atoms. The van der Waals surface area contributed by atoms with E-state index in [9.17, 15) is 9.90 Å². The number of aromatic hydroxyl groups is 1. The molecule has 0 spiro atoms. The lowest BCUT2D eigenvalue weighted by Gasteiger charge is -2.41. The second kappa shape index (κ2) is 15.8. The summed E-state index contributed by atoms with van der Waals surface area (Å²) in [4.78, 5) is 21.5. The average Bonchev–Trinajstić information content (AvgIpc) is 3.68. The van der Waals surface area contributed by atoms with Crippen molar-refractivity contribution in [2.24, 2.45) is 0 Å². The summed E-state index contributed by atoms with van der Waals surface area (Å²) in [6.07, 6.45) is 7.91. The zero-order valence-electron chi connectivity index (χ0n) is 33.9. The molecule has 3 saturated heterocycles. The van der Waals surface area contributed by atoms with Crippen molar-refractivity contribution in [1.82, 2.24) is 29.9 Å². The number of carbonyl (C=O) groups excluding carboxylic acids is 1. The van der Waals surface area contributed by atoms with Crippen LogP contribution in [0.5, 0.6) is 5.75 Å². The normalized spacial score (nSPS) is 23.7. The van der Waals surface area contributed by atoms with Gasteiger partial charge >= 0.3 is 0 Å². The van der Waals surface area contributed by atoms with Crippen LogP contribution in [0, 0.1) is 0 Å². The SMILES string of the molecule is [2H]C1C=CN(c2ccc3c(ccn3C3CCN(CC4(F)CCN(C(=O)c5ccc(C6CN(c7cc(-c8ccccc8O)nnc7N)CCO6)cc5)CC4)CC3)c2)C([2H])N1. The van der Waals surface area contributed by atoms with Crippen LogP contribution in [0.25, 0.3) is 22.2 Å². The summed E-state index contributed by atoms with van der Waals surface area (Å²) in [5.74, 6) is 0.324. The van der Waals surface area contributed by atoms with Crippen molar-refractivity contribution in [1.29, 1.82) is 0 Å². The third kappa shape index (κ3) is 7.79. The molecule has 4 N–H and O–H groups in total. The fourth-order valence-corrected chi connectivity index (χ4v) is 8.73. The maximum atomic E-state index is 16.3. The van der Waals surface area contributed by atoms with Gasteiger partial charge in [0.2, 0.25) is 0 Å². The van der Waals surface area contributed by atoms with Crippen molar-refractivity contribution in [2.75, 3.05) is 81.1 Å². The quantitative estimate of drug-likeness (QED) is 0.170. The van der Waals surface area contributed by atoms with Gasteiger partial charge in [0.1, 0.15) is 17.5 Å². The van der Waals surface area contributed by atoms with Crippen LogP contribution < -0.4 is 20.9 Å². The third-order valence-corrected chi connectivity index (χ3v) is 12.0. The molecule has 3 aromatic carbocycles. The van der Waals surface area contributed by atoms with Crippen LogP contribution in [0.3, 0.4) is 0 Å². The van der Waals surface area contributed by atoms with Crippen LogP contribution in [0.1, 0.15) is 56.5 Å². The van der Waals surface area contributed by atoms with Crippen LogP contribution in [0.4, 0.5) is 21.6 Å². The molecule has 3 fully saturated rings. The number of likely N-dealkylation sites (tertiary alicyclic amines) is 2. The number of piperidine rings is 2. The fraction of sp³-hybridized carbons (Fsp3) is 0.386. The molecule has 4 aliphatic rings. The molecule has 5 aromatic rings. The van der Waals surface area contributed by atoms with Crippen molar-refractivity contribution in [2.45, 2.75) is 43.5 Å². The molecule has 9 rings (SSSR count). The Morgan fingerprint density at radius 3 is 2.60 bits per heavy atom. The van der Waals surface area contributed by atoms with Crippen LogP contribution in [0.15, 0.2) is 97.3 Å². The maximum absolute atomic E-state index is 16.3. The van der Waals surface area contributed by atoms with E-state index in [2.05, 4.69) is 54.3 Å². The summed E-state index contributed by atoms with van der Waals surface area (Å²) in [6, 6.07) is 25.0. The molecule has 6 heterocycles. The molecular weight excluding hydrogens is 722 g/mol. The highest BCUT2D eigenvalue weighted by Crippen LogP contribution is 2.36. The number of phenols is 1. The monoisotopic (exact) mass is 773 g/mol. The number of rotatable bonds is 8. The van der Waals surface area contributed by atoms with Gasteiger partial charge in [-0.2, -0.15) is 0 Å². The predicted molar refractivity (Wildman–Crippen MR) is 221 cm³/mol. The van der Waals surface area contributed by atoms with Gasteiger partial charge < -0.3 is 39.7 Å². The van der Waals surface area contributed by atoms with E-state index >= 15 is 4.39 Å². The standard InChI is InChI=1S/C44H50FN9O3/c45-44(29-50-19-13-34(14-20-50)54-21-12-33-26-35(10-11-38(33)54)53-18-3-17-47-30-53)15-22-51(23-16-44)43(56)32-8-6-31(7-9-32)41-28-52(24-25-57-41)39-27-37(48-49-42(39)46)36-4-1-2-5-40(36)55/h1-12,18,21,26-27,34,41,47,55H,13-17,19-20,22-25,28-30H2,(H2,46,49)/i17D,30D. The van der Waals surface area contributed by atoms with E-state index in [1.807, 2.05) is 47.4 Å². The zero-order valence-corrected chi connectivity index (χ0v) is 31.9. The zero-order chi connectivity index (χ0) is 40.7. The number of ether oxygens (including phenoxy) is 1. The Labute approximate surface area is 335 Å². The number of nitrogens with one attached hydrogen (secondary N) is 1. The number of halogens is 1. The number of fused-ring (bicyclic) bond motifs is 1. The smallest absolute Gasteiger partial charge is 0.253 e. The summed E-state index contributed by atoms with van der Waals surface area (Å²) >= 11 is 0. The van der Waals surface area contributed by atoms with E-state index in [0.29, 0.717) is 80.9 Å². The van der Waals surface area contributed by atoms with Crippen molar-refractivity contribution in [3.05, 3.63) is 108 Å². The Bertz CT molecular complexity index is 2330. The molecule has 0 saturated carbocycles. The summed E-state index contributed by atoms with van der Waals surface area (Å²) in [7, 11) is 0. The van der Waals surface area contributed by atoms with Crippen LogP contribution in [0.2, 0.25) is 0 Å². The van der Waals surface area contributed by atoms with Crippen molar-refractivity contribution < 1.29 is 21.8 Å². The third-order valence-electron chi connectivity index (χ3n) is 12.0. The van der Waals surface area contributed by atoms with Crippen molar-refractivity contribution in [3.63, 3.8) is 0 Å². The number of alkyl halides is 1. The first-order valence-electron chi connectivity index (χ1n) is 21.0. The number of phenolic OH excluding ortho intramolecular Hbond substituents is 1. The molecule has 0 aliphatic carbocycles. The first kappa shape index (κ1) is 34.7. The summed E-state index contributed by atoms with van der Waals surface area (Å²) in [5.41, 5.74) is 10.3. The van der Waals surface area contributed by atoms with Crippen molar-refractivity contribution >= 4 is 34.0 Å². The second-order valence-electron chi connectivity index (χ2n) is 15.6. The molecule has 296 valence electrons. The summed E-state index contributed by atoms with van der Waals surface area (Å²) < 4.78 is 41.0. The Morgan fingerprint density at radius 1 is 1.00 bits per heavy atom. The number of aromatic nitrogens is 3. The lowest BCUT2D eigenvalue weighted by atomic mass is 9.91. The highest BCUT2D eigenvalue weighted by Gasteiger charge is 2.39. The number of hydrogen-bond acceptors (Lipinski definition) is 10. The lowest BCUT2D eigenvalue weighted by Crippen LogP contribution is -2.51. The van der Waals surface area contributed by atoms with Gasteiger partial charge in [0, 0.05) is 113 Å². The number of nitrogen functional groups attached to an aromatic ring is 1. The van der Waals surface area contributed by atoms with Gasteiger partial charge in [0.05, 0.1) is 26.0 Å². The molecular formula is C44H50FN9O3.